The molecule has 2 fully saturated rings. The van der Waals surface area contributed by atoms with Gasteiger partial charge in [0.2, 0.25) is 0 Å². The molecule has 156 valence electrons. The van der Waals surface area contributed by atoms with Crippen LogP contribution in [0.4, 0.5) is 4.79 Å². The summed E-state index contributed by atoms with van der Waals surface area (Å²) in [6.07, 6.45) is 4.73. The number of halogens is 1. The summed E-state index contributed by atoms with van der Waals surface area (Å²) >= 11 is 6.48. The van der Waals surface area contributed by atoms with Crippen LogP contribution >= 0.6 is 11.6 Å². The molecule has 0 bridgehead atoms. The van der Waals surface area contributed by atoms with Crippen molar-refractivity contribution in [3.63, 3.8) is 0 Å². The molecule has 28 heavy (non-hydrogen) atoms. The van der Waals surface area contributed by atoms with Crippen LogP contribution in [0.25, 0.3) is 0 Å². The van der Waals surface area contributed by atoms with Crippen molar-refractivity contribution in [3.05, 3.63) is 28.8 Å². The number of rotatable bonds is 6. The van der Waals surface area contributed by atoms with Crippen LogP contribution in [0.1, 0.15) is 52.0 Å². The van der Waals surface area contributed by atoms with Crippen LogP contribution in [-0.2, 0) is 6.54 Å². The number of likely N-dealkylation sites (tertiary alicyclic amines) is 1. The second-order valence-electron chi connectivity index (χ2n) is 9.37. The van der Waals surface area contributed by atoms with Gasteiger partial charge in [-0.3, -0.25) is 4.90 Å². The summed E-state index contributed by atoms with van der Waals surface area (Å²) in [5.41, 5.74) is 0.963. The van der Waals surface area contributed by atoms with Crippen LogP contribution < -0.4 is 10.1 Å². The predicted molar refractivity (Wildman–Crippen MR) is 114 cm³/mol. The Hall–Kier alpha value is -1.46. The summed E-state index contributed by atoms with van der Waals surface area (Å²) < 4.78 is 6.09. The molecule has 1 N–H and O–H groups in total. The summed E-state index contributed by atoms with van der Waals surface area (Å²) in [5.74, 6) is 1.34. The van der Waals surface area contributed by atoms with E-state index in [0.29, 0.717) is 5.92 Å². The predicted octanol–water partition coefficient (Wildman–Crippen LogP) is 4.53. The van der Waals surface area contributed by atoms with Gasteiger partial charge < -0.3 is 15.0 Å². The Bertz CT molecular complexity index is 677. The van der Waals surface area contributed by atoms with Crippen molar-refractivity contribution in [2.75, 3.05) is 26.7 Å². The Kier molecular flexibility index (Phi) is 6.77. The number of carbonyl (C=O) groups excluding carboxylic acids is 1. The smallest absolute Gasteiger partial charge is 0.317 e. The molecular formula is C22H34ClN3O2. The fourth-order valence-corrected chi connectivity index (χ4v) is 4.14. The summed E-state index contributed by atoms with van der Waals surface area (Å²) in [5, 5.41) is 3.79. The van der Waals surface area contributed by atoms with Gasteiger partial charge in [0.25, 0.3) is 0 Å². The van der Waals surface area contributed by atoms with Crippen molar-refractivity contribution < 1.29 is 9.53 Å². The molecule has 0 aromatic heterocycles. The lowest BCUT2D eigenvalue weighted by molar-refractivity contribution is 0.0518. The van der Waals surface area contributed by atoms with Crippen LogP contribution in [0, 0.1) is 5.92 Å². The van der Waals surface area contributed by atoms with Gasteiger partial charge >= 0.3 is 6.03 Å². The van der Waals surface area contributed by atoms with Crippen LogP contribution in [0.2, 0.25) is 5.02 Å². The van der Waals surface area contributed by atoms with Gasteiger partial charge in [-0.25, -0.2) is 4.79 Å². The van der Waals surface area contributed by atoms with Gasteiger partial charge in [-0.1, -0.05) is 17.7 Å². The number of carbonyl (C=O) groups is 1. The van der Waals surface area contributed by atoms with Gasteiger partial charge in [-0.05, 0) is 83.2 Å². The van der Waals surface area contributed by atoms with E-state index >= 15 is 0 Å². The molecule has 0 spiro atoms. The second kappa shape index (κ2) is 8.91. The van der Waals surface area contributed by atoms with Crippen LogP contribution in [0.3, 0.4) is 0 Å². The van der Waals surface area contributed by atoms with Crippen molar-refractivity contribution in [1.82, 2.24) is 15.1 Å². The highest BCUT2D eigenvalue weighted by molar-refractivity contribution is 6.31. The topological polar surface area (TPSA) is 44.8 Å². The molecule has 1 aliphatic heterocycles. The molecule has 1 heterocycles. The first-order valence-electron chi connectivity index (χ1n) is 10.4. The minimum atomic E-state index is -0.211. The molecule has 2 aliphatic rings. The third-order valence-corrected chi connectivity index (χ3v) is 5.82. The average Bonchev–Trinajstić information content (AvgIpc) is 3.06. The summed E-state index contributed by atoms with van der Waals surface area (Å²) in [6, 6.07) is 6.06. The first kappa shape index (κ1) is 21.3. The number of amides is 2. The zero-order valence-electron chi connectivity index (χ0n) is 17.6. The summed E-state index contributed by atoms with van der Waals surface area (Å²) in [7, 11) is 1.86. The third-order valence-electron chi connectivity index (χ3n) is 5.47. The maximum absolute atomic E-state index is 12.2. The Labute approximate surface area is 174 Å². The van der Waals surface area contributed by atoms with Crippen molar-refractivity contribution >= 4 is 17.6 Å². The van der Waals surface area contributed by atoms with Crippen LogP contribution in [0.15, 0.2) is 18.2 Å². The van der Waals surface area contributed by atoms with E-state index in [1.165, 1.54) is 31.5 Å². The number of hydrogen-bond acceptors (Lipinski definition) is 3. The highest BCUT2D eigenvalue weighted by Gasteiger charge is 2.33. The van der Waals surface area contributed by atoms with Crippen LogP contribution in [0.5, 0.6) is 5.75 Å². The Balaban J connectivity index is 1.41. The highest BCUT2D eigenvalue weighted by atomic mass is 35.5. The monoisotopic (exact) mass is 407 g/mol. The van der Waals surface area contributed by atoms with Gasteiger partial charge in [-0.15, -0.1) is 0 Å². The summed E-state index contributed by atoms with van der Waals surface area (Å²) in [4.78, 5) is 16.4. The molecule has 3 rings (SSSR count). The molecular weight excluding hydrogens is 374 g/mol. The number of nitrogens with one attached hydrogen (secondary N) is 1. The van der Waals surface area contributed by atoms with Gasteiger partial charge in [-0.2, -0.15) is 0 Å². The number of ether oxygens (including phenoxy) is 1. The number of nitrogens with zero attached hydrogens (tertiary/aromatic N) is 2. The van der Waals surface area contributed by atoms with E-state index in [2.05, 4.69) is 16.3 Å². The quantitative estimate of drug-likeness (QED) is 0.753. The third kappa shape index (κ3) is 6.02. The van der Waals surface area contributed by atoms with E-state index in [9.17, 15) is 4.79 Å². The molecule has 1 saturated carbocycles. The first-order valence-corrected chi connectivity index (χ1v) is 10.8. The molecule has 0 radical (unpaired) electrons. The average molecular weight is 408 g/mol. The fourth-order valence-electron chi connectivity index (χ4n) is 3.91. The zero-order valence-corrected chi connectivity index (χ0v) is 18.4. The molecule has 1 aromatic carbocycles. The minimum absolute atomic E-state index is 0.0164. The Morgan fingerprint density at radius 2 is 1.96 bits per heavy atom. The lowest BCUT2D eigenvalue weighted by Gasteiger charge is -2.38. The zero-order chi connectivity index (χ0) is 20.3. The molecule has 1 aromatic rings. The minimum Gasteiger partial charge on any atom is -0.490 e. The first-order chi connectivity index (χ1) is 13.2. The van der Waals surface area contributed by atoms with E-state index in [-0.39, 0.29) is 17.7 Å². The Morgan fingerprint density at radius 1 is 1.29 bits per heavy atom. The number of hydrogen-bond donors (Lipinski definition) is 1. The fraction of sp³-hybridized carbons (Fsp3) is 0.682. The Morgan fingerprint density at radius 3 is 2.57 bits per heavy atom. The van der Waals surface area contributed by atoms with E-state index < -0.39 is 0 Å². The van der Waals surface area contributed by atoms with E-state index in [1.807, 2.05) is 40.0 Å². The molecule has 1 saturated heterocycles. The number of urea groups is 1. The summed E-state index contributed by atoms with van der Waals surface area (Å²) in [6.45, 7) is 10.00. The number of benzene rings is 1. The standard InChI is InChI=1S/C22H34ClN3O2/c1-22(2,3)24-21(27)25(4)14-16-11-19(12-16)28-18-8-7-17(20(23)13-18)15-26-9-5-6-10-26/h7-8,13,16,19H,5-6,9-12,14-15H2,1-4H3,(H,24,27). The van der Waals surface area contributed by atoms with E-state index in [1.54, 1.807) is 4.90 Å². The maximum atomic E-state index is 12.2. The van der Waals surface area contributed by atoms with E-state index in [4.69, 9.17) is 16.3 Å². The lowest BCUT2D eigenvalue weighted by atomic mass is 9.82. The molecule has 0 atom stereocenters. The van der Waals surface area contributed by atoms with Gasteiger partial charge in [0, 0.05) is 30.7 Å². The normalized spacial score (nSPS) is 22.6. The van der Waals surface area contributed by atoms with Gasteiger partial charge in [0.1, 0.15) is 5.75 Å². The largest absolute Gasteiger partial charge is 0.490 e. The molecule has 0 unspecified atom stereocenters. The van der Waals surface area contributed by atoms with Crippen LogP contribution in [-0.4, -0.2) is 54.2 Å². The molecule has 2 amide bonds. The van der Waals surface area contributed by atoms with Crippen molar-refractivity contribution in [2.24, 2.45) is 5.92 Å². The lowest BCUT2D eigenvalue weighted by Crippen LogP contribution is -2.50. The highest BCUT2D eigenvalue weighted by Crippen LogP contribution is 2.33. The van der Waals surface area contributed by atoms with Crippen molar-refractivity contribution in [1.29, 1.82) is 0 Å². The second-order valence-corrected chi connectivity index (χ2v) is 9.78. The van der Waals surface area contributed by atoms with Crippen molar-refractivity contribution in [3.8, 4) is 5.75 Å². The maximum Gasteiger partial charge on any atom is 0.317 e. The van der Waals surface area contributed by atoms with Crippen molar-refractivity contribution in [2.45, 2.75) is 64.6 Å². The SMILES string of the molecule is CN(CC1CC(Oc2ccc(CN3CCCC3)c(Cl)c2)C1)C(=O)NC(C)(C)C. The van der Waals surface area contributed by atoms with E-state index in [0.717, 1.165) is 36.7 Å². The molecule has 1 aliphatic carbocycles. The van der Waals surface area contributed by atoms with Gasteiger partial charge in [0.15, 0.2) is 0 Å². The molecule has 6 heteroatoms. The molecule has 5 nitrogen and oxygen atoms in total. The van der Waals surface area contributed by atoms with Gasteiger partial charge in [0.05, 0.1) is 6.10 Å².